The Labute approximate surface area is 174 Å². The number of nitrogens with one attached hydrogen (secondary N) is 1. The molecule has 0 spiro atoms. The Hall–Kier alpha value is -4.05. The Morgan fingerprint density at radius 3 is 2.67 bits per heavy atom. The lowest BCUT2D eigenvalue weighted by Gasteiger charge is -2.13. The lowest BCUT2D eigenvalue weighted by atomic mass is 9.96. The van der Waals surface area contributed by atoms with E-state index in [1.807, 2.05) is 6.07 Å². The van der Waals surface area contributed by atoms with Crippen LogP contribution in [0.5, 0.6) is 17.4 Å². The maximum Gasteiger partial charge on any atom is 0.255 e. The van der Waals surface area contributed by atoms with Crippen LogP contribution in [0.4, 0.5) is 11.4 Å². The predicted octanol–water partition coefficient (Wildman–Crippen LogP) is 4.27. The third-order valence-corrected chi connectivity index (χ3v) is 5.04. The fraction of sp³-hybridized carbons (Fsp3) is 0.174. The van der Waals surface area contributed by atoms with Crippen LogP contribution in [0.15, 0.2) is 60.8 Å². The number of aromatic nitrogens is 1. The zero-order chi connectivity index (χ0) is 21.1. The summed E-state index contributed by atoms with van der Waals surface area (Å²) in [6.07, 6.45) is 3.15. The molecule has 2 aromatic carbocycles. The van der Waals surface area contributed by atoms with E-state index in [2.05, 4.69) is 16.4 Å². The average molecular weight is 400 g/mol. The molecule has 7 nitrogen and oxygen atoms in total. The number of methoxy groups -OCH3 is 1. The van der Waals surface area contributed by atoms with Gasteiger partial charge < -0.3 is 20.5 Å². The number of nitrogens with two attached hydrogens (primary N) is 1. The molecule has 0 saturated heterocycles. The molecule has 1 heterocycles. The Balaban J connectivity index is 1.55. The van der Waals surface area contributed by atoms with E-state index in [1.54, 1.807) is 48.5 Å². The average Bonchev–Trinajstić information content (AvgIpc) is 3.57. The maximum atomic E-state index is 12.8. The van der Waals surface area contributed by atoms with Crippen molar-refractivity contribution in [2.45, 2.75) is 18.3 Å². The summed E-state index contributed by atoms with van der Waals surface area (Å²) in [7, 11) is 1.53. The molecule has 1 saturated carbocycles. The molecule has 0 aliphatic heterocycles. The molecule has 0 radical (unpaired) electrons. The number of anilines is 2. The summed E-state index contributed by atoms with van der Waals surface area (Å²) in [6, 6.07) is 18.0. The molecule has 0 atom stereocenters. The van der Waals surface area contributed by atoms with Crippen molar-refractivity contribution < 1.29 is 14.3 Å². The molecular formula is C23H20N4O3. The molecule has 3 aromatic rings. The standard InChI is InChI=1S/C23H20N4O3/c1-29-19-7-6-18(12-20(19)30-21-8-5-17(25)13-26-21)27-22(28)15-3-2-4-16(11-15)23(14-24)9-10-23/h2-8,11-13H,9-10,25H2,1H3,(H,27,28). The van der Waals surface area contributed by atoms with E-state index >= 15 is 0 Å². The number of nitrogens with zero attached hydrogens (tertiary/aromatic N) is 2. The van der Waals surface area contributed by atoms with Gasteiger partial charge in [-0.25, -0.2) is 4.98 Å². The first-order valence-electron chi connectivity index (χ1n) is 9.43. The number of hydrogen-bond acceptors (Lipinski definition) is 6. The van der Waals surface area contributed by atoms with Crippen LogP contribution in [-0.4, -0.2) is 18.0 Å². The number of amides is 1. The van der Waals surface area contributed by atoms with Gasteiger partial charge in [0.05, 0.1) is 30.5 Å². The normalized spacial score (nSPS) is 13.7. The molecule has 1 aliphatic rings. The first-order chi connectivity index (χ1) is 14.5. The van der Waals surface area contributed by atoms with Gasteiger partial charge in [0.25, 0.3) is 5.91 Å². The van der Waals surface area contributed by atoms with Crippen molar-refractivity contribution in [1.82, 2.24) is 4.98 Å². The largest absolute Gasteiger partial charge is 0.493 e. The lowest BCUT2D eigenvalue weighted by Crippen LogP contribution is -2.13. The summed E-state index contributed by atoms with van der Waals surface area (Å²) in [5.74, 6) is 0.985. The first kappa shape index (κ1) is 19.3. The van der Waals surface area contributed by atoms with Crippen LogP contribution in [0.3, 0.4) is 0 Å². The molecule has 30 heavy (non-hydrogen) atoms. The van der Waals surface area contributed by atoms with Gasteiger partial charge in [0.1, 0.15) is 0 Å². The van der Waals surface area contributed by atoms with Crippen LogP contribution >= 0.6 is 0 Å². The number of carbonyl (C=O) groups is 1. The molecule has 1 amide bonds. The molecule has 0 bridgehead atoms. The van der Waals surface area contributed by atoms with E-state index in [0.717, 1.165) is 18.4 Å². The van der Waals surface area contributed by atoms with Crippen molar-refractivity contribution in [3.05, 3.63) is 71.9 Å². The van der Waals surface area contributed by atoms with Crippen LogP contribution in [-0.2, 0) is 5.41 Å². The highest BCUT2D eigenvalue weighted by molar-refractivity contribution is 6.04. The van der Waals surface area contributed by atoms with Crippen molar-refractivity contribution in [2.24, 2.45) is 0 Å². The number of ether oxygens (including phenoxy) is 2. The van der Waals surface area contributed by atoms with Gasteiger partial charge in [0, 0.05) is 23.4 Å². The maximum absolute atomic E-state index is 12.8. The highest BCUT2D eigenvalue weighted by Crippen LogP contribution is 2.47. The minimum absolute atomic E-state index is 0.271. The van der Waals surface area contributed by atoms with Gasteiger partial charge >= 0.3 is 0 Å². The number of benzene rings is 2. The Morgan fingerprint density at radius 1 is 1.17 bits per heavy atom. The fourth-order valence-electron chi connectivity index (χ4n) is 3.15. The zero-order valence-electron chi connectivity index (χ0n) is 16.4. The smallest absolute Gasteiger partial charge is 0.255 e. The van der Waals surface area contributed by atoms with E-state index in [-0.39, 0.29) is 5.91 Å². The summed E-state index contributed by atoms with van der Waals surface area (Å²) < 4.78 is 11.1. The minimum Gasteiger partial charge on any atom is -0.493 e. The Bertz CT molecular complexity index is 1130. The molecule has 150 valence electrons. The number of nitrogen functional groups attached to an aromatic ring is 1. The Morgan fingerprint density at radius 2 is 2.00 bits per heavy atom. The third kappa shape index (κ3) is 3.89. The molecular weight excluding hydrogens is 380 g/mol. The number of nitriles is 1. The predicted molar refractivity (Wildman–Crippen MR) is 113 cm³/mol. The summed E-state index contributed by atoms with van der Waals surface area (Å²) in [5.41, 5.74) is 7.65. The van der Waals surface area contributed by atoms with Gasteiger partial charge in [-0.15, -0.1) is 0 Å². The van der Waals surface area contributed by atoms with Crippen LogP contribution in [0.25, 0.3) is 0 Å². The molecule has 3 N–H and O–H groups in total. The molecule has 4 rings (SSSR count). The number of rotatable bonds is 6. The molecule has 0 unspecified atom stereocenters. The van der Waals surface area contributed by atoms with Crippen molar-refractivity contribution >= 4 is 17.3 Å². The van der Waals surface area contributed by atoms with E-state index < -0.39 is 5.41 Å². The first-order valence-corrected chi connectivity index (χ1v) is 9.43. The second-order valence-corrected chi connectivity index (χ2v) is 7.13. The number of carbonyl (C=O) groups excluding carboxylic acids is 1. The van der Waals surface area contributed by atoms with E-state index in [1.165, 1.54) is 13.3 Å². The second kappa shape index (κ2) is 7.76. The van der Waals surface area contributed by atoms with Crippen molar-refractivity contribution in [2.75, 3.05) is 18.2 Å². The van der Waals surface area contributed by atoms with Gasteiger partial charge in [-0.1, -0.05) is 12.1 Å². The van der Waals surface area contributed by atoms with Crippen LogP contribution in [0, 0.1) is 11.3 Å². The van der Waals surface area contributed by atoms with Gasteiger partial charge in [-0.3, -0.25) is 4.79 Å². The molecule has 7 heteroatoms. The van der Waals surface area contributed by atoms with Crippen molar-refractivity contribution in [1.29, 1.82) is 5.26 Å². The highest BCUT2D eigenvalue weighted by Gasteiger charge is 2.45. The molecule has 1 aromatic heterocycles. The van der Waals surface area contributed by atoms with Crippen LogP contribution in [0.2, 0.25) is 0 Å². The third-order valence-electron chi connectivity index (χ3n) is 5.04. The second-order valence-electron chi connectivity index (χ2n) is 7.13. The van der Waals surface area contributed by atoms with E-state index in [9.17, 15) is 10.1 Å². The van der Waals surface area contributed by atoms with Crippen LogP contribution < -0.4 is 20.5 Å². The van der Waals surface area contributed by atoms with Gasteiger partial charge in [0.15, 0.2) is 11.5 Å². The topological polar surface area (TPSA) is 110 Å². The number of hydrogen-bond donors (Lipinski definition) is 2. The summed E-state index contributed by atoms with van der Waals surface area (Å²) in [4.78, 5) is 16.9. The molecule has 1 fully saturated rings. The zero-order valence-corrected chi connectivity index (χ0v) is 16.4. The lowest BCUT2D eigenvalue weighted by molar-refractivity contribution is 0.102. The van der Waals surface area contributed by atoms with Gasteiger partial charge in [-0.05, 0) is 48.7 Å². The summed E-state index contributed by atoms with van der Waals surface area (Å²) >= 11 is 0. The summed E-state index contributed by atoms with van der Waals surface area (Å²) in [6.45, 7) is 0. The fourth-order valence-corrected chi connectivity index (χ4v) is 3.15. The van der Waals surface area contributed by atoms with Gasteiger partial charge in [-0.2, -0.15) is 5.26 Å². The van der Waals surface area contributed by atoms with Gasteiger partial charge in [0.2, 0.25) is 5.88 Å². The monoisotopic (exact) mass is 400 g/mol. The summed E-state index contributed by atoms with van der Waals surface area (Å²) in [5, 5.41) is 12.3. The quantitative estimate of drug-likeness (QED) is 0.639. The van der Waals surface area contributed by atoms with E-state index in [0.29, 0.717) is 34.3 Å². The van der Waals surface area contributed by atoms with Crippen LogP contribution in [0.1, 0.15) is 28.8 Å². The number of pyridine rings is 1. The van der Waals surface area contributed by atoms with Crippen molar-refractivity contribution in [3.63, 3.8) is 0 Å². The highest BCUT2D eigenvalue weighted by atomic mass is 16.5. The Kier molecular flexibility index (Phi) is 4.98. The van der Waals surface area contributed by atoms with Crippen molar-refractivity contribution in [3.8, 4) is 23.4 Å². The molecule has 1 aliphatic carbocycles. The van der Waals surface area contributed by atoms with E-state index in [4.69, 9.17) is 15.2 Å². The minimum atomic E-state index is -0.441. The SMILES string of the molecule is COc1ccc(NC(=O)c2cccc(C3(C#N)CC3)c2)cc1Oc1ccc(N)cn1.